The summed E-state index contributed by atoms with van der Waals surface area (Å²) in [6, 6.07) is 0. The van der Waals surface area contributed by atoms with E-state index < -0.39 is 0 Å². The van der Waals surface area contributed by atoms with E-state index in [2.05, 4.69) is 25.7 Å². The molecule has 1 aliphatic rings. The number of esters is 2. The number of rotatable bonds is 32. The predicted molar refractivity (Wildman–Crippen MR) is 201 cm³/mol. The standard InChI is InChI=1S/C42H81NO4/c1-4-7-10-12-13-17-23-31-40(47-42(45)34-28-37-43-35-26-20-16-21-27-36-43)32-24-18-14-15-19-25-33-41(44)46-38-39(29-9-6-3)30-22-11-8-5-2/h39-40H,4-38H2,1-3H3. The van der Waals surface area contributed by atoms with Crippen LogP contribution in [-0.2, 0) is 19.1 Å². The maximum absolute atomic E-state index is 12.8. The predicted octanol–water partition coefficient (Wildman–Crippen LogP) is 12.5. The molecule has 1 heterocycles. The molecule has 0 aromatic carbocycles. The summed E-state index contributed by atoms with van der Waals surface area (Å²) in [5.41, 5.74) is 0. The number of hydrogen-bond acceptors (Lipinski definition) is 5. The van der Waals surface area contributed by atoms with E-state index in [9.17, 15) is 9.59 Å². The Morgan fingerprint density at radius 2 is 0.979 bits per heavy atom. The van der Waals surface area contributed by atoms with Gasteiger partial charge in [0.05, 0.1) is 6.61 Å². The number of ether oxygens (including phenoxy) is 2. The van der Waals surface area contributed by atoms with E-state index in [1.165, 1.54) is 161 Å². The highest BCUT2D eigenvalue weighted by atomic mass is 16.5. The minimum Gasteiger partial charge on any atom is -0.465 e. The number of carbonyl (C=O) groups excluding carboxylic acids is 2. The minimum atomic E-state index is -0.00282. The molecule has 2 unspecified atom stereocenters. The quantitative estimate of drug-likeness (QED) is 0.0529. The van der Waals surface area contributed by atoms with E-state index in [0.29, 0.717) is 25.4 Å². The van der Waals surface area contributed by atoms with Crippen molar-refractivity contribution in [1.29, 1.82) is 0 Å². The molecule has 1 saturated heterocycles. The van der Waals surface area contributed by atoms with Crippen LogP contribution in [0, 0.1) is 5.92 Å². The molecule has 0 aliphatic carbocycles. The zero-order valence-electron chi connectivity index (χ0n) is 32.0. The molecule has 2 atom stereocenters. The van der Waals surface area contributed by atoms with Crippen LogP contribution in [0.25, 0.3) is 0 Å². The molecule has 0 bridgehead atoms. The number of unbranched alkanes of at least 4 members (excludes halogenated alkanes) is 15. The Morgan fingerprint density at radius 3 is 1.60 bits per heavy atom. The summed E-state index contributed by atoms with van der Waals surface area (Å²) in [5.74, 6) is 0.556. The van der Waals surface area contributed by atoms with Gasteiger partial charge in [-0.15, -0.1) is 0 Å². The van der Waals surface area contributed by atoms with E-state index in [-0.39, 0.29) is 18.0 Å². The van der Waals surface area contributed by atoms with Gasteiger partial charge in [-0.25, -0.2) is 0 Å². The summed E-state index contributed by atoms with van der Waals surface area (Å²) in [4.78, 5) is 27.7. The fourth-order valence-corrected chi connectivity index (χ4v) is 7.11. The Kier molecular flexibility index (Phi) is 31.2. The van der Waals surface area contributed by atoms with Crippen LogP contribution in [0.15, 0.2) is 0 Å². The second-order valence-electron chi connectivity index (χ2n) is 14.9. The second kappa shape index (κ2) is 33.4. The van der Waals surface area contributed by atoms with Crippen molar-refractivity contribution in [2.75, 3.05) is 26.2 Å². The van der Waals surface area contributed by atoms with Crippen LogP contribution in [0.4, 0.5) is 0 Å². The molecule has 278 valence electrons. The Hall–Kier alpha value is -1.10. The Bertz CT molecular complexity index is 690. The molecule has 5 heteroatoms. The first-order chi connectivity index (χ1) is 23.1. The largest absolute Gasteiger partial charge is 0.465 e. The summed E-state index contributed by atoms with van der Waals surface area (Å²) in [6.07, 6.45) is 36.6. The normalized spacial score (nSPS) is 15.6. The molecule has 1 fully saturated rings. The monoisotopic (exact) mass is 664 g/mol. The van der Waals surface area contributed by atoms with E-state index in [1.54, 1.807) is 0 Å². The average molecular weight is 664 g/mol. The lowest BCUT2D eigenvalue weighted by Gasteiger charge is -2.24. The van der Waals surface area contributed by atoms with Crippen molar-refractivity contribution in [2.24, 2.45) is 5.92 Å². The minimum absolute atomic E-state index is 0.00282. The maximum Gasteiger partial charge on any atom is 0.306 e. The van der Waals surface area contributed by atoms with Crippen molar-refractivity contribution in [2.45, 2.75) is 226 Å². The third-order valence-electron chi connectivity index (χ3n) is 10.3. The molecule has 0 radical (unpaired) electrons. The molecule has 0 saturated carbocycles. The van der Waals surface area contributed by atoms with Crippen molar-refractivity contribution in [3.63, 3.8) is 0 Å². The van der Waals surface area contributed by atoms with Crippen molar-refractivity contribution < 1.29 is 19.1 Å². The molecular formula is C42H81NO4. The van der Waals surface area contributed by atoms with Gasteiger partial charge in [-0.05, 0) is 89.8 Å². The number of nitrogens with zero attached hydrogens (tertiary/aromatic N) is 1. The molecule has 1 rings (SSSR count). The SMILES string of the molecule is CCCCCCCCCC(CCCCCCCCC(=O)OCC(CCCC)CCCCCC)OC(=O)CCCN1CCCCCCC1. The van der Waals surface area contributed by atoms with Gasteiger partial charge in [-0.2, -0.15) is 0 Å². The second-order valence-corrected chi connectivity index (χ2v) is 14.9. The molecule has 1 aliphatic heterocycles. The highest BCUT2D eigenvalue weighted by Gasteiger charge is 2.16. The lowest BCUT2D eigenvalue weighted by Crippen LogP contribution is -2.29. The fraction of sp³-hybridized carbons (Fsp3) is 0.952. The first-order valence-electron chi connectivity index (χ1n) is 21.2. The van der Waals surface area contributed by atoms with Gasteiger partial charge in [0.15, 0.2) is 0 Å². The van der Waals surface area contributed by atoms with Crippen LogP contribution >= 0.6 is 0 Å². The zero-order chi connectivity index (χ0) is 34.0. The molecule has 0 spiro atoms. The van der Waals surface area contributed by atoms with Crippen LogP contribution in [0.3, 0.4) is 0 Å². The van der Waals surface area contributed by atoms with Gasteiger partial charge in [0, 0.05) is 12.8 Å². The van der Waals surface area contributed by atoms with Gasteiger partial charge in [0.25, 0.3) is 0 Å². The molecule has 0 amide bonds. The van der Waals surface area contributed by atoms with Crippen LogP contribution in [-0.4, -0.2) is 49.2 Å². The Balaban J connectivity index is 2.25. The van der Waals surface area contributed by atoms with Crippen LogP contribution in [0.1, 0.15) is 220 Å². The third-order valence-corrected chi connectivity index (χ3v) is 10.3. The van der Waals surface area contributed by atoms with Crippen LogP contribution < -0.4 is 0 Å². The zero-order valence-corrected chi connectivity index (χ0v) is 32.0. The lowest BCUT2D eigenvalue weighted by atomic mass is 9.96. The van der Waals surface area contributed by atoms with Crippen molar-refractivity contribution >= 4 is 11.9 Å². The van der Waals surface area contributed by atoms with Crippen molar-refractivity contribution in [1.82, 2.24) is 4.90 Å². The summed E-state index contributed by atoms with van der Waals surface area (Å²) in [6.45, 7) is 10.8. The van der Waals surface area contributed by atoms with Gasteiger partial charge in [-0.3, -0.25) is 9.59 Å². The lowest BCUT2D eigenvalue weighted by molar-refractivity contribution is -0.150. The van der Waals surface area contributed by atoms with Gasteiger partial charge < -0.3 is 14.4 Å². The molecule has 0 aromatic heterocycles. The van der Waals surface area contributed by atoms with Crippen LogP contribution in [0.2, 0.25) is 0 Å². The van der Waals surface area contributed by atoms with E-state index in [1.807, 2.05) is 0 Å². The molecule has 0 N–H and O–H groups in total. The number of hydrogen-bond donors (Lipinski definition) is 0. The van der Waals surface area contributed by atoms with Gasteiger partial charge in [0.1, 0.15) is 6.10 Å². The first kappa shape index (κ1) is 43.9. The topological polar surface area (TPSA) is 55.8 Å². The smallest absolute Gasteiger partial charge is 0.306 e. The average Bonchev–Trinajstić information content (AvgIpc) is 3.05. The van der Waals surface area contributed by atoms with E-state index >= 15 is 0 Å². The molecule has 0 aromatic rings. The summed E-state index contributed by atoms with van der Waals surface area (Å²) < 4.78 is 11.8. The van der Waals surface area contributed by atoms with Gasteiger partial charge in [0.2, 0.25) is 0 Å². The number of carbonyl (C=O) groups is 2. The molecular weight excluding hydrogens is 582 g/mol. The Morgan fingerprint density at radius 1 is 0.511 bits per heavy atom. The first-order valence-corrected chi connectivity index (χ1v) is 21.2. The van der Waals surface area contributed by atoms with Gasteiger partial charge in [-0.1, -0.05) is 143 Å². The summed E-state index contributed by atoms with van der Waals surface area (Å²) in [5, 5.41) is 0. The summed E-state index contributed by atoms with van der Waals surface area (Å²) in [7, 11) is 0. The maximum atomic E-state index is 12.8. The highest BCUT2D eigenvalue weighted by molar-refractivity contribution is 5.69. The van der Waals surface area contributed by atoms with E-state index in [0.717, 1.165) is 45.1 Å². The van der Waals surface area contributed by atoms with Crippen LogP contribution in [0.5, 0.6) is 0 Å². The third kappa shape index (κ3) is 28.4. The summed E-state index contributed by atoms with van der Waals surface area (Å²) >= 11 is 0. The fourth-order valence-electron chi connectivity index (χ4n) is 7.11. The highest BCUT2D eigenvalue weighted by Crippen LogP contribution is 2.20. The Labute approximate surface area is 293 Å². The molecule has 5 nitrogen and oxygen atoms in total. The van der Waals surface area contributed by atoms with E-state index in [4.69, 9.17) is 9.47 Å². The van der Waals surface area contributed by atoms with Crippen molar-refractivity contribution in [3.8, 4) is 0 Å². The number of likely N-dealkylation sites (tertiary alicyclic amines) is 1. The van der Waals surface area contributed by atoms with Crippen molar-refractivity contribution in [3.05, 3.63) is 0 Å². The van der Waals surface area contributed by atoms with Gasteiger partial charge >= 0.3 is 11.9 Å². The molecule has 47 heavy (non-hydrogen) atoms.